The van der Waals surface area contributed by atoms with Crippen LogP contribution in [-0.4, -0.2) is 28.8 Å². The number of carbonyl (C=O) groups is 1. The number of likely N-dealkylation sites (tertiary alicyclic amines) is 1. The molecule has 0 spiro atoms. The Labute approximate surface area is 86.7 Å². The molecule has 2 aliphatic rings. The highest BCUT2D eigenvalue weighted by atomic mass is 16.1. The number of nitrogens with zero attached hydrogens (tertiary/aromatic N) is 1. The van der Waals surface area contributed by atoms with Crippen LogP contribution >= 0.6 is 0 Å². The zero-order valence-corrected chi connectivity index (χ0v) is 9.71. The van der Waals surface area contributed by atoms with Crippen molar-refractivity contribution in [2.75, 3.05) is 6.54 Å². The van der Waals surface area contributed by atoms with E-state index in [4.69, 9.17) is 0 Å². The summed E-state index contributed by atoms with van der Waals surface area (Å²) in [5.41, 5.74) is 0.279. The molecule has 3 atom stereocenters. The second kappa shape index (κ2) is 3.06. The summed E-state index contributed by atoms with van der Waals surface area (Å²) in [7, 11) is 0. The summed E-state index contributed by atoms with van der Waals surface area (Å²) in [5.74, 6) is 1.43. The van der Waals surface area contributed by atoms with Gasteiger partial charge in [0.2, 0.25) is 0 Å². The largest absolute Gasteiger partial charge is 0.300 e. The summed E-state index contributed by atoms with van der Waals surface area (Å²) >= 11 is 0. The highest BCUT2D eigenvalue weighted by Gasteiger charge is 2.48. The van der Waals surface area contributed by atoms with E-state index in [0.29, 0.717) is 23.7 Å². The van der Waals surface area contributed by atoms with Gasteiger partial charge in [0.1, 0.15) is 5.78 Å². The fraction of sp³-hybridized carbons (Fsp3) is 0.917. The lowest BCUT2D eigenvalue weighted by atomic mass is 9.89. The van der Waals surface area contributed by atoms with Crippen LogP contribution < -0.4 is 0 Å². The topological polar surface area (TPSA) is 20.3 Å². The third-order valence-electron chi connectivity index (χ3n) is 3.93. The summed E-state index contributed by atoms with van der Waals surface area (Å²) < 4.78 is 0. The molecule has 0 N–H and O–H groups in total. The Bertz CT molecular complexity index is 254. The highest BCUT2D eigenvalue weighted by Crippen LogP contribution is 2.45. The van der Waals surface area contributed by atoms with Gasteiger partial charge in [-0.1, -0.05) is 0 Å². The third-order valence-corrected chi connectivity index (χ3v) is 3.93. The van der Waals surface area contributed by atoms with Crippen LogP contribution in [0.4, 0.5) is 0 Å². The Hall–Kier alpha value is -0.370. The van der Waals surface area contributed by atoms with Gasteiger partial charge in [-0.05, 0) is 46.5 Å². The molecule has 0 amide bonds. The fourth-order valence-corrected chi connectivity index (χ4v) is 3.27. The Morgan fingerprint density at radius 3 is 2.29 bits per heavy atom. The van der Waals surface area contributed by atoms with Gasteiger partial charge in [0.15, 0.2) is 0 Å². The molecule has 0 aromatic carbocycles. The van der Waals surface area contributed by atoms with Crippen LogP contribution in [-0.2, 0) is 4.79 Å². The predicted octanol–water partition coefficient (Wildman–Crippen LogP) is 2.08. The molecular formula is C12H21NO. The molecule has 14 heavy (non-hydrogen) atoms. The van der Waals surface area contributed by atoms with Gasteiger partial charge in [0, 0.05) is 24.0 Å². The number of carbonyl (C=O) groups excluding carboxylic acids is 1. The van der Waals surface area contributed by atoms with Gasteiger partial charge in [-0.15, -0.1) is 0 Å². The minimum atomic E-state index is 0.279. The molecular weight excluding hydrogens is 174 g/mol. The monoisotopic (exact) mass is 195 g/mol. The molecule has 0 aromatic heterocycles. The average molecular weight is 195 g/mol. The first-order chi connectivity index (χ1) is 6.39. The van der Waals surface area contributed by atoms with Crippen molar-refractivity contribution in [3.63, 3.8) is 0 Å². The molecule has 3 unspecified atom stereocenters. The number of hydrogen-bond donors (Lipinski definition) is 0. The van der Waals surface area contributed by atoms with E-state index in [2.05, 4.69) is 25.7 Å². The van der Waals surface area contributed by atoms with Crippen LogP contribution in [0.1, 0.15) is 40.5 Å². The normalized spacial score (nSPS) is 37.9. The first-order valence-corrected chi connectivity index (χ1v) is 5.67. The Kier molecular flexibility index (Phi) is 2.22. The van der Waals surface area contributed by atoms with Gasteiger partial charge in [-0.2, -0.15) is 0 Å². The van der Waals surface area contributed by atoms with Gasteiger partial charge in [-0.25, -0.2) is 0 Å². The van der Waals surface area contributed by atoms with Crippen molar-refractivity contribution in [2.45, 2.75) is 52.1 Å². The predicted molar refractivity (Wildman–Crippen MR) is 57.1 cm³/mol. The van der Waals surface area contributed by atoms with E-state index in [1.165, 1.54) is 6.42 Å². The highest BCUT2D eigenvalue weighted by molar-refractivity contribution is 5.79. The SMILES string of the molecule is CC(=O)C1CC2CC1CN2C(C)(C)C. The van der Waals surface area contributed by atoms with Crippen molar-refractivity contribution in [1.82, 2.24) is 4.90 Å². The van der Waals surface area contributed by atoms with Crippen molar-refractivity contribution < 1.29 is 4.79 Å². The Morgan fingerprint density at radius 2 is 1.93 bits per heavy atom. The second-order valence-corrected chi connectivity index (χ2v) is 5.93. The summed E-state index contributed by atoms with van der Waals surface area (Å²) in [6, 6.07) is 0.675. The molecule has 2 bridgehead atoms. The van der Waals surface area contributed by atoms with E-state index in [9.17, 15) is 4.79 Å². The molecule has 1 heterocycles. The van der Waals surface area contributed by atoms with Crippen molar-refractivity contribution in [1.29, 1.82) is 0 Å². The summed E-state index contributed by atoms with van der Waals surface area (Å²) in [5, 5.41) is 0. The van der Waals surface area contributed by atoms with Crippen molar-refractivity contribution >= 4 is 5.78 Å². The van der Waals surface area contributed by atoms with Crippen molar-refractivity contribution in [3.8, 4) is 0 Å². The van der Waals surface area contributed by atoms with E-state index in [1.54, 1.807) is 6.92 Å². The average Bonchev–Trinajstić information content (AvgIpc) is 2.58. The number of piperidine rings is 1. The molecule has 2 heteroatoms. The second-order valence-electron chi connectivity index (χ2n) is 5.93. The molecule has 2 nitrogen and oxygen atoms in total. The first-order valence-electron chi connectivity index (χ1n) is 5.67. The molecule has 1 saturated carbocycles. The van der Waals surface area contributed by atoms with Crippen LogP contribution in [0.5, 0.6) is 0 Å². The Balaban J connectivity index is 2.07. The maximum Gasteiger partial charge on any atom is 0.133 e. The zero-order chi connectivity index (χ0) is 10.5. The third kappa shape index (κ3) is 1.50. The van der Waals surface area contributed by atoms with Crippen LogP contribution in [0.2, 0.25) is 0 Å². The smallest absolute Gasteiger partial charge is 0.133 e. The molecule has 2 fully saturated rings. The molecule has 0 radical (unpaired) electrons. The van der Waals surface area contributed by atoms with Crippen molar-refractivity contribution in [2.24, 2.45) is 11.8 Å². The molecule has 80 valence electrons. The van der Waals surface area contributed by atoms with Gasteiger partial charge in [0.05, 0.1) is 0 Å². The lowest BCUT2D eigenvalue weighted by Crippen LogP contribution is -2.48. The maximum atomic E-state index is 11.4. The van der Waals surface area contributed by atoms with Crippen molar-refractivity contribution in [3.05, 3.63) is 0 Å². The summed E-state index contributed by atoms with van der Waals surface area (Å²) in [6.07, 6.45) is 2.36. The minimum absolute atomic E-state index is 0.279. The van der Waals surface area contributed by atoms with E-state index >= 15 is 0 Å². The van der Waals surface area contributed by atoms with Gasteiger partial charge in [0.25, 0.3) is 0 Å². The maximum absolute atomic E-state index is 11.4. The Morgan fingerprint density at radius 1 is 1.29 bits per heavy atom. The summed E-state index contributed by atoms with van der Waals surface area (Å²) in [4.78, 5) is 14.0. The van der Waals surface area contributed by atoms with Gasteiger partial charge < -0.3 is 0 Å². The zero-order valence-electron chi connectivity index (χ0n) is 9.71. The van der Waals surface area contributed by atoms with E-state index in [-0.39, 0.29) is 5.54 Å². The van der Waals surface area contributed by atoms with Crippen LogP contribution in [0.15, 0.2) is 0 Å². The molecule has 2 rings (SSSR count). The number of Topliss-reactive ketones (excluding diaryl/α,β-unsaturated/α-hetero) is 1. The fourth-order valence-electron chi connectivity index (χ4n) is 3.27. The standard InChI is InChI=1S/C12H21NO/c1-8(14)11-6-10-5-9(11)7-13(10)12(2,3)4/h9-11H,5-7H2,1-4H3. The molecule has 1 aliphatic heterocycles. The number of hydrogen-bond acceptors (Lipinski definition) is 2. The quantitative estimate of drug-likeness (QED) is 0.638. The van der Waals surface area contributed by atoms with E-state index in [1.807, 2.05) is 0 Å². The van der Waals surface area contributed by atoms with Crippen LogP contribution in [0.3, 0.4) is 0 Å². The van der Waals surface area contributed by atoms with Crippen LogP contribution in [0.25, 0.3) is 0 Å². The number of ketones is 1. The van der Waals surface area contributed by atoms with E-state index < -0.39 is 0 Å². The molecule has 1 saturated heterocycles. The molecule has 1 aliphatic carbocycles. The molecule has 0 aromatic rings. The van der Waals surface area contributed by atoms with Gasteiger partial charge >= 0.3 is 0 Å². The lowest BCUT2D eigenvalue weighted by Gasteiger charge is -2.40. The first kappa shape index (κ1) is 10.2. The van der Waals surface area contributed by atoms with E-state index in [0.717, 1.165) is 13.0 Å². The number of rotatable bonds is 1. The summed E-state index contributed by atoms with van der Waals surface area (Å²) in [6.45, 7) is 9.72. The van der Waals surface area contributed by atoms with Crippen LogP contribution in [0, 0.1) is 11.8 Å². The lowest BCUT2D eigenvalue weighted by molar-refractivity contribution is -0.123. The van der Waals surface area contributed by atoms with Gasteiger partial charge in [-0.3, -0.25) is 9.69 Å². The minimum Gasteiger partial charge on any atom is -0.300 e. The number of fused-ring (bicyclic) bond motifs is 2.